The first-order valence-electron chi connectivity index (χ1n) is 4.36. The van der Waals surface area contributed by atoms with Crippen molar-refractivity contribution in [2.75, 3.05) is 7.05 Å². The summed E-state index contributed by atoms with van der Waals surface area (Å²) >= 11 is 0. The number of H-pyrrole nitrogens is 1. The van der Waals surface area contributed by atoms with Crippen LogP contribution in [0.3, 0.4) is 0 Å². The molecule has 0 unspecified atom stereocenters. The van der Waals surface area contributed by atoms with Gasteiger partial charge in [0.15, 0.2) is 5.82 Å². The standard InChI is InChI=1S/C9H11N5.ClH/c1-10-6-8-12-9(14-13-8)7-2-4-11-5-3-7;/h2-5,10H,6H2,1H3,(H,12,13,14);1H. The maximum absolute atomic E-state index is 4.31. The molecule has 0 amide bonds. The third-order valence-corrected chi connectivity index (χ3v) is 1.81. The van der Waals surface area contributed by atoms with Crippen LogP contribution in [0.5, 0.6) is 0 Å². The molecule has 0 aromatic carbocycles. The molecule has 2 aromatic rings. The average molecular weight is 226 g/mol. The quantitative estimate of drug-likeness (QED) is 0.818. The molecule has 80 valence electrons. The maximum Gasteiger partial charge on any atom is 0.181 e. The van der Waals surface area contributed by atoms with Gasteiger partial charge in [-0.1, -0.05) is 0 Å². The van der Waals surface area contributed by atoms with Crippen LogP contribution in [0.2, 0.25) is 0 Å². The number of rotatable bonds is 3. The summed E-state index contributed by atoms with van der Waals surface area (Å²) in [6.07, 6.45) is 3.45. The molecule has 2 N–H and O–H groups in total. The highest BCUT2D eigenvalue weighted by Gasteiger charge is 2.03. The van der Waals surface area contributed by atoms with Gasteiger partial charge in [0.2, 0.25) is 0 Å². The van der Waals surface area contributed by atoms with E-state index in [0.717, 1.165) is 11.4 Å². The Morgan fingerprint density at radius 3 is 2.73 bits per heavy atom. The number of pyridine rings is 1. The molecule has 0 aliphatic carbocycles. The number of nitrogens with one attached hydrogen (secondary N) is 2. The van der Waals surface area contributed by atoms with Crippen LogP contribution in [-0.4, -0.2) is 27.2 Å². The lowest BCUT2D eigenvalue weighted by Crippen LogP contribution is -2.06. The maximum atomic E-state index is 4.31. The van der Waals surface area contributed by atoms with Crippen LogP contribution in [-0.2, 0) is 6.54 Å². The first kappa shape index (κ1) is 11.6. The molecule has 0 radical (unpaired) electrons. The van der Waals surface area contributed by atoms with E-state index >= 15 is 0 Å². The minimum atomic E-state index is 0. The second-order valence-electron chi connectivity index (χ2n) is 2.87. The Labute approximate surface area is 93.8 Å². The van der Waals surface area contributed by atoms with Gasteiger partial charge < -0.3 is 5.32 Å². The van der Waals surface area contributed by atoms with Crippen molar-refractivity contribution in [2.45, 2.75) is 6.54 Å². The lowest BCUT2D eigenvalue weighted by molar-refractivity contribution is 0.763. The molecule has 2 heterocycles. The fraction of sp³-hybridized carbons (Fsp3) is 0.222. The predicted molar refractivity (Wildman–Crippen MR) is 59.6 cm³/mol. The Hall–Kier alpha value is -1.46. The van der Waals surface area contributed by atoms with Gasteiger partial charge in [-0.05, 0) is 19.2 Å². The number of hydrogen-bond donors (Lipinski definition) is 2. The topological polar surface area (TPSA) is 66.5 Å². The zero-order chi connectivity index (χ0) is 9.80. The number of halogens is 1. The van der Waals surface area contributed by atoms with Crippen molar-refractivity contribution in [1.29, 1.82) is 0 Å². The second-order valence-corrected chi connectivity index (χ2v) is 2.87. The normalized spacial score (nSPS) is 9.67. The molecular weight excluding hydrogens is 214 g/mol. The largest absolute Gasteiger partial charge is 0.313 e. The molecule has 5 nitrogen and oxygen atoms in total. The van der Waals surface area contributed by atoms with E-state index in [4.69, 9.17) is 0 Å². The van der Waals surface area contributed by atoms with Crippen LogP contribution in [0.4, 0.5) is 0 Å². The van der Waals surface area contributed by atoms with Crippen molar-refractivity contribution in [3.8, 4) is 11.4 Å². The number of hydrogen-bond acceptors (Lipinski definition) is 4. The Kier molecular flexibility index (Phi) is 4.20. The molecule has 0 saturated heterocycles. The molecule has 2 aromatic heterocycles. The smallest absolute Gasteiger partial charge is 0.181 e. The molecule has 0 atom stereocenters. The molecule has 0 aliphatic rings. The lowest BCUT2D eigenvalue weighted by atomic mass is 10.2. The van der Waals surface area contributed by atoms with E-state index in [9.17, 15) is 0 Å². The first-order chi connectivity index (χ1) is 6.90. The van der Waals surface area contributed by atoms with Crippen molar-refractivity contribution >= 4 is 12.4 Å². The Bertz CT molecular complexity index is 400. The monoisotopic (exact) mass is 225 g/mol. The van der Waals surface area contributed by atoms with E-state index in [1.54, 1.807) is 12.4 Å². The van der Waals surface area contributed by atoms with Gasteiger partial charge in [0.25, 0.3) is 0 Å². The number of aromatic nitrogens is 4. The molecule has 0 fully saturated rings. The molecule has 15 heavy (non-hydrogen) atoms. The van der Waals surface area contributed by atoms with Gasteiger partial charge in [-0.3, -0.25) is 10.1 Å². The van der Waals surface area contributed by atoms with E-state index in [2.05, 4.69) is 25.5 Å². The van der Waals surface area contributed by atoms with Crippen LogP contribution in [0.15, 0.2) is 24.5 Å². The van der Waals surface area contributed by atoms with Crippen molar-refractivity contribution in [3.05, 3.63) is 30.4 Å². The summed E-state index contributed by atoms with van der Waals surface area (Å²) in [7, 11) is 1.87. The molecular formula is C9H12ClN5. The minimum absolute atomic E-state index is 0. The van der Waals surface area contributed by atoms with Crippen LogP contribution < -0.4 is 5.32 Å². The van der Waals surface area contributed by atoms with Crippen molar-refractivity contribution in [1.82, 2.24) is 25.5 Å². The summed E-state index contributed by atoms with van der Waals surface area (Å²) in [6, 6.07) is 3.76. The van der Waals surface area contributed by atoms with Crippen molar-refractivity contribution in [3.63, 3.8) is 0 Å². The molecule has 0 bridgehead atoms. The van der Waals surface area contributed by atoms with Gasteiger partial charge in [0.1, 0.15) is 5.82 Å². The first-order valence-corrected chi connectivity index (χ1v) is 4.36. The number of nitrogens with zero attached hydrogens (tertiary/aromatic N) is 3. The SMILES string of the molecule is CNCc1nc(-c2ccncc2)n[nH]1.Cl. The van der Waals surface area contributed by atoms with Crippen LogP contribution in [0.1, 0.15) is 5.82 Å². The third kappa shape index (κ3) is 2.74. The van der Waals surface area contributed by atoms with E-state index in [-0.39, 0.29) is 12.4 Å². The summed E-state index contributed by atoms with van der Waals surface area (Å²) in [5.74, 6) is 1.54. The Morgan fingerprint density at radius 2 is 2.07 bits per heavy atom. The average Bonchev–Trinajstić information content (AvgIpc) is 2.68. The fourth-order valence-corrected chi connectivity index (χ4v) is 1.17. The molecule has 0 saturated carbocycles. The summed E-state index contributed by atoms with van der Waals surface area (Å²) < 4.78 is 0. The summed E-state index contributed by atoms with van der Waals surface area (Å²) in [4.78, 5) is 8.25. The fourth-order valence-electron chi connectivity index (χ4n) is 1.17. The van der Waals surface area contributed by atoms with Gasteiger partial charge in [0, 0.05) is 18.0 Å². The predicted octanol–water partition coefficient (Wildman–Crippen LogP) is 1.01. The van der Waals surface area contributed by atoms with Gasteiger partial charge in [-0.2, -0.15) is 5.10 Å². The number of aromatic amines is 1. The highest BCUT2D eigenvalue weighted by molar-refractivity contribution is 5.85. The lowest BCUT2D eigenvalue weighted by Gasteiger charge is -1.92. The van der Waals surface area contributed by atoms with E-state index < -0.39 is 0 Å². The van der Waals surface area contributed by atoms with Gasteiger partial charge in [0.05, 0.1) is 6.54 Å². The Morgan fingerprint density at radius 1 is 1.33 bits per heavy atom. The highest BCUT2D eigenvalue weighted by atomic mass is 35.5. The van der Waals surface area contributed by atoms with Crippen LogP contribution in [0, 0.1) is 0 Å². The molecule has 0 aliphatic heterocycles. The molecule has 0 spiro atoms. The summed E-state index contributed by atoms with van der Waals surface area (Å²) in [5.41, 5.74) is 0.971. The van der Waals surface area contributed by atoms with Crippen LogP contribution in [0.25, 0.3) is 11.4 Å². The van der Waals surface area contributed by atoms with Crippen LogP contribution >= 0.6 is 12.4 Å². The Balaban J connectivity index is 0.00000112. The molecule has 2 rings (SSSR count). The van der Waals surface area contributed by atoms with E-state index in [1.807, 2.05) is 19.2 Å². The zero-order valence-electron chi connectivity index (χ0n) is 8.27. The van der Waals surface area contributed by atoms with Gasteiger partial charge in [-0.25, -0.2) is 4.98 Å². The summed E-state index contributed by atoms with van der Waals surface area (Å²) in [5, 5.41) is 9.96. The van der Waals surface area contributed by atoms with Crippen molar-refractivity contribution in [2.24, 2.45) is 0 Å². The molecule has 6 heteroatoms. The zero-order valence-corrected chi connectivity index (χ0v) is 9.08. The minimum Gasteiger partial charge on any atom is -0.313 e. The van der Waals surface area contributed by atoms with Crippen molar-refractivity contribution < 1.29 is 0 Å². The van der Waals surface area contributed by atoms with E-state index in [1.165, 1.54) is 0 Å². The second kappa shape index (κ2) is 5.43. The highest BCUT2D eigenvalue weighted by Crippen LogP contribution is 2.11. The van der Waals surface area contributed by atoms with Gasteiger partial charge >= 0.3 is 0 Å². The summed E-state index contributed by atoms with van der Waals surface area (Å²) in [6.45, 7) is 0.693. The third-order valence-electron chi connectivity index (χ3n) is 1.81. The van der Waals surface area contributed by atoms with Gasteiger partial charge in [-0.15, -0.1) is 12.4 Å². The van der Waals surface area contributed by atoms with E-state index in [0.29, 0.717) is 12.4 Å².